The van der Waals surface area contributed by atoms with Crippen LogP contribution in [0.4, 0.5) is 0 Å². The van der Waals surface area contributed by atoms with Gasteiger partial charge in [0.2, 0.25) is 5.78 Å². The highest BCUT2D eigenvalue weighted by Gasteiger charge is 2.46. The van der Waals surface area contributed by atoms with Gasteiger partial charge in [0.1, 0.15) is 17.6 Å². The van der Waals surface area contributed by atoms with E-state index in [1.165, 1.54) is 22.3 Å². The molecule has 138 valence electrons. The topological polar surface area (TPSA) is 83.9 Å². The maximum absolute atomic E-state index is 13.0. The number of carbonyl (C=O) groups is 2. The van der Waals surface area contributed by atoms with Crippen LogP contribution in [-0.4, -0.2) is 21.7 Å². The van der Waals surface area contributed by atoms with E-state index in [1.807, 2.05) is 17.5 Å². The summed E-state index contributed by atoms with van der Waals surface area (Å²) in [7, 11) is 0. The molecule has 3 aromatic rings. The molecule has 1 unspecified atom stereocenters. The number of carbonyl (C=O) groups excluding carboxylic acids is 2. The van der Waals surface area contributed by atoms with Crippen LogP contribution < -0.4 is 0 Å². The summed E-state index contributed by atoms with van der Waals surface area (Å²) in [5.41, 5.74) is -0.0484. The van der Waals surface area contributed by atoms with Crippen LogP contribution >= 0.6 is 27.3 Å². The van der Waals surface area contributed by atoms with Crippen LogP contribution in [-0.2, 0) is 11.3 Å². The van der Waals surface area contributed by atoms with Crippen LogP contribution in [0.15, 0.2) is 66.6 Å². The third-order valence-corrected chi connectivity index (χ3v) is 5.57. The van der Waals surface area contributed by atoms with Crippen molar-refractivity contribution < 1.29 is 23.5 Å². The number of hydrogen-bond acceptors (Lipinski definition) is 6. The van der Waals surface area contributed by atoms with Crippen LogP contribution in [0, 0.1) is 6.92 Å². The van der Waals surface area contributed by atoms with E-state index in [-0.39, 0.29) is 17.9 Å². The number of amides is 1. The normalized spacial score (nSPS) is 17.2. The first-order chi connectivity index (χ1) is 13.0. The predicted molar refractivity (Wildman–Crippen MR) is 101 cm³/mol. The first kappa shape index (κ1) is 17.8. The van der Waals surface area contributed by atoms with Crippen molar-refractivity contribution in [2.45, 2.75) is 19.5 Å². The maximum atomic E-state index is 13.0. The first-order valence-corrected chi connectivity index (χ1v) is 9.76. The van der Waals surface area contributed by atoms with Gasteiger partial charge in [0, 0.05) is 4.88 Å². The summed E-state index contributed by atoms with van der Waals surface area (Å²) < 4.78 is 11.5. The number of thiophene rings is 1. The number of aryl methyl sites for hydroxylation is 1. The highest BCUT2D eigenvalue weighted by molar-refractivity contribution is 9.10. The number of hydrogen-bond donors (Lipinski definition) is 1. The summed E-state index contributed by atoms with van der Waals surface area (Å²) in [6.45, 7) is 1.96. The Morgan fingerprint density at radius 3 is 2.67 bits per heavy atom. The second-order valence-electron chi connectivity index (χ2n) is 6.06. The fourth-order valence-electron chi connectivity index (χ4n) is 3.08. The number of aliphatic hydroxyl groups excluding tert-OH is 1. The van der Waals surface area contributed by atoms with E-state index in [9.17, 15) is 14.7 Å². The zero-order chi connectivity index (χ0) is 19.1. The minimum atomic E-state index is -0.844. The molecular weight excluding hydrogens is 434 g/mol. The Bertz CT molecular complexity index is 1050. The Balaban J connectivity index is 1.79. The maximum Gasteiger partial charge on any atom is 0.290 e. The van der Waals surface area contributed by atoms with Gasteiger partial charge in [-0.1, -0.05) is 6.07 Å². The number of rotatable bonds is 5. The third-order valence-electron chi connectivity index (χ3n) is 4.28. The second kappa shape index (κ2) is 6.86. The first-order valence-electron chi connectivity index (χ1n) is 8.08. The molecule has 0 aromatic carbocycles. The van der Waals surface area contributed by atoms with Gasteiger partial charge in [-0.05, 0) is 58.6 Å². The zero-order valence-electron chi connectivity index (χ0n) is 14.1. The lowest BCUT2D eigenvalue weighted by molar-refractivity contribution is -0.130. The molecule has 4 rings (SSSR count). The Labute approximate surface area is 166 Å². The Morgan fingerprint density at radius 1 is 1.26 bits per heavy atom. The van der Waals surface area contributed by atoms with Crippen molar-refractivity contribution in [3.8, 4) is 0 Å². The SMILES string of the molecule is Cc1ccc(C(=O)C2=C(O)C(=O)N(Cc3cccs3)C2c2ccc(Br)o2)o1. The molecule has 0 bridgehead atoms. The van der Waals surface area contributed by atoms with Crippen LogP contribution in [0.25, 0.3) is 0 Å². The molecule has 1 aliphatic rings. The summed E-state index contributed by atoms with van der Waals surface area (Å²) in [6, 6.07) is 9.46. The van der Waals surface area contributed by atoms with Crippen LogP contribution in [0.1, 0.15) is 33.0 Å². The van der Waals surface area contributed by atoms with Crippen molar-refractivity contribution in [3.05, 3.63) is 79.9 Å². The summed E-state index contributed by atoms with van der Waals surface area (Å²) >= 11 is 4.73. The second-order valence-corrected chi connectivity index (χ2v) is 7.87. The van der Waals surface area contributed by atoms with Crippen LogP contribution in [0.2, 0.25) is 0 Å². The summed E-state index contributed by atoms with van der Waals surface area (Å²) in [4.78, 5) is 28.1. The van der Waals surface area contributed by atoms with Gasteiger partial charge in [0.25, 0.3) is 5.91 Å². The number of nitrogens with zero attached hydrogens (tertiary/aromatic N) is 1. The molecule has 6 nitrogen and oxygen atoms in total. The minimum Gasteiger partial charge on any atom is -0.503 e. The quantitative estimate of drug-likeness (QED) is 0.568. The highest BCUT2D eigenvalue weighted by Crippen LogP contribution is 2.41. The van der Waals surface area contributed by atoms with Gasteiger partial charge in [0.05, 0.1) is 12.1 Å². The van der Waals surface area contributed by atoms with Crippen molar-refractivity contribution in [2.75, 3.05) is 0 Å². The van der Waals surface area contributed by atoms with Gasteiger partial charge in [-0.25, -0.2) is 0 Å². The van der Waals surface area contributed by atoms with Crippen LogP contribution in [0.5, 0.6) is 0 Å². The van der Waals surface area contributed by atoms with Crippen molar-refractivity contribution in [1.82, 2.24) is 4.90 Å². The summed E-state index contributed by atoms with van der Waals surface area (Å²) in [5, 5.41) is 12.4. The zero-order valence-corrected chi connectivity index (χ0v) is 16.5. The molecule has 4 heterocycles. The summed E-state index contributed by atoms with van der Waals surface area (Å²) in [6.07, 6.45) is 0. The average Bonchev–Trinajstić information content (AvgIpc) is 3.41. The van der Waals surface area contributed by atoms with E-state index < -0.39 is 23.5 Å². The molecule has 1 amide bonds. The Hall–Kier alpha value is -2.58. The molecule has 1 atom stereocenters. The number of Topliss-reactive ketones (excluding diaryl/α,β-unsaturated/α-hetero) is 1. The highest BCUT2D eigenvalue weighted by atomic mass is 79.9. The van der Waals surface area contributed by atoms with Gasteiger partial charge < -0.3 is 18.8 Å². The lowest BCUT2D eigenvalue weighted by Crippen LogP contribution is -2.30. The van der Waals surface area contributed by atoms with E-state index in [4.69, 9.17) is 8.83 Å². The van der Waals surface area contributed by atoms with Gasteiger partial charge >= 0.3 is 0 Å². The molecule has 0 spiro atoms. The van der Waals surface area contributed by atoms with Crippen molar-refractivity contribution in [3.63, 3.8) is 0 Å². The molecular formula is C19H14BrNO5S. The number of ketones is 1. The molecule has 8 heteroatoms. The van der Waals surface area contributed by atoms with Crippen molar-refractivity contribution in [2.24, 2.45) is 0 Å². The summed E-state index contributed by atoms with van der Waals surface area (Å²) in [5.74, 6) is -0.732. The molecule has 0 fully saturated rings. The smallest absolute Gasteiger partial charge is 0.290 e. The molecule has 27 heavy (non-hydrogen) atoms. The molecule has 3 aromatic heterocycles. The fourth-order valence-corrected chi connectivity index (χ4v) is 4.10. The standard InChI is InChI=1S/C19H14BrNO5S/c1-10-4-5-13(25-10)17(22)15-16(12-6-7-14(20)26-12)21(19(24)18(15)23)9-11-3-2-8-27-11/h2-8,16,23H,9H2,1H3. The molecule has 0 radical (unpaired) electrons. The largest absolute Gasteiger partial charge is 0.503 e. The Morgan fingerprint density at radius 2 is 2.07 bits per heavy atom. The lowest BCUT2D eigenvalue weighted by atomic mass is 10.00. The Kier molecular flexibility index (Phi) is 4.53. The number of aliphatic hydroxyl groups is 1. The predicted octanol–water partition coefficient (Wildman–Crippen LogP) is 4.78. The van der Waals surface area contributed by atoms with E-state index in [0.29, 0.717) is 16.2 Å². The molecule has 1 N–H and O–H groups in total. The minimum absolute atomic E-state index is 0.0484. The molecule has 0 saturated heterocycles. The van der Waals surface area contributed by atoms with Crippen molar-refractivity contribution >= 4 is 39.0 Å². The monoisotopic (exact) mass is 447 g/mol. The average molecular weight is 448 g/mol. The van der Waals surface area contributed by atoms with E-state index in [1.54, 1.807) is 25.1 Å². The fraction of sp³-hybridized carbons (Fsp3) is 0.158. The number of halogens is 1. The number of furan rings is 2. The van der Waals surface area contributed by atoms with Gasteiger partial charge in [-0.15, -0.1) is 11.3 Å². The molecule has 0 aliphatic carbocycles. The van der Waals surface area contributed by atoms with Gasteiger partial charge in [-0.3, -0.25) is 9.59 Å². The van der Waals surface area contributed by atoms with E-state index in [0.717, 1.165) is 4.88 Å². The van der Waals surface area contributed by atoms with Crippen molar-refractivity contribution in [1.29, 1.82) is 0 Å². The van der Waals surface area contributed by atoms with Crippen LogP contribution in [0.3, 0.4) is 0 Å². The van der Waals surface area contributed by atoms with Gasteiger partial charge in [0.15, 0.2) is 16.2 Å². The molecule has 0 saturated carbocycles. The van der Waals surface area contributed by atoms with E-state index in [2.05, 4.69) is 15.9 Å². The molecule has 1 aliphatic heterocycles. The van der Waals surface area contributed by atoms with E-state index >= 15 is 0 Å². The lowest BCUT2D eigenvalue weighted by Gasteiger charge is -2.24. The third kappa shape index (κ3) is 3.15. The van der Waals surface area contributed by atoms with Gasteiger partial charge in [-0.2, -0.15) is 0 Å².